The Labute approximate surface area is 234 Å². The van der Waals surface area contributed by atoms with E-state index >= 15 is 0 Å². The average Bonchev–Trinajstić information content (AvgIpc) is 3.53. The lowest BCUT2D eigenvalue weighted by atomic mass is 10.00. The first-order chi connectivity index (χ1) is 18.2. The molecule has 1 atom stereocenters. The van der Waals surface area contributed by atoms with E-state index in [9.17, 15) is 14.4 Å². The van der Waals surface area contributed by atoms with Gasteiger partial charge in [0.2, 0.25) is 11.8 Å². The lowest BCUT2D eigenvalue weighted by Crippen LogP contribution is -2.51. The zero-order chi connectivity index (χ0) is 27.2. The lowest BCUT2D eigenvalue weighted by molar-refractivity contribution is -0.141. The van der Waals surface area contributed by atoms with E-state index in [0.717, 1.165) is 49.9 Å². The monoisotopic (exact) mass is 559 g/mol. The van der Waals surface area contributed by atoms with Crippen molar-refractivity contribution in [2.45, 2.75) is 71.5 Å². The zero-order valence-electron chi connectivity index (χ0n) is 22.5. The second-order valence-corrected chi connectivity index (χ2v) is 11.6. The summed E-state index contributed by atoms with van der Waals surface area (Å²) < 4.78 is 0. The number of aromatic nitrogens is 1. The maximum atomic E-state index is 13.3. The van der Waals surface area contributed by atoms with Crippen molar-refractivity contribution in [3.63, 3.8) is 0 Å². The highest BCUT2D eigenvalue weighted by Crippen LogP contribution is 2.23. The van der Waals surface area contributed by atoms with Gasteiger partial charge in [-0.05, 0) is 80.5 Å². The van der Waals surface area contributed by atoms with Crippen LogP contribution in [0.15, 0.2) is 22.9 Å². The summed E-state index contributed by atoms with van der Waals surface area (Å²) in [7, 11) is 0. The molecule has 0 radical (unpaired) electrons. The minimum Gasteiger partial charge on any atom is -0.352 e. The van der Waals surface area contributed by atoms with Gasteiger partial charge in [0, 0.05) is 51.2 Å². The topological polar surface area (TPSA) is 85.8 Å². The first kappa shape index (κ1) is 28.5. The number of likely N-dealkylation sites (tertiary alicyclic amines) is 2. The van der Waals surface area contributed by atoms with Crippen LogP contribution in [0.2, 0.25) is 5.15 Å². The molecule has 0 bridgehead atoms. The normalized spacial score (nSPS) is 17.6. The van der Waals surface area contributed by atoms with Crippen LogP contribution in [0.25, 0.3) is 0 Å². The van der Waals surface area contributed by atoms with Gasteiger partial charge in [0.1, 0.15) is 5.15 Å². The molecule has 3 amide bonds. The molecule has 2 aliphatic rings. The molecule has 0 aliphatic carbocycles. The highest BCUT2D eigenvalue weighted by Gasteiger charge is 2.32. The van der Waals surface area contributed by atoms with E-state index in [4.69, 9.17) is 11.6 Å². The number of piperidine rings is 1. The maximum absolute atomic E-state index is 13.3. The van der Waals surface area contributed by atoms with Crippen LogP contribution >= 0.6 is 22.9 Å². The quantitative estimate of drug-likeness (QED) is 0.444. The Kier molecular flexibility index (Phi) is 9.79. The molecule has 0 saturated carbocycles. The van der Waals surface area contributed by atoms with Crippen molar-refractivity contribution in [1.29, 1.82) is 0 Å². The van der Waals surface area contributed by atoms with E-state index in [1.54, 1.807) is 29.2 Å². The number of hydrogen-bond donors (Lipinski definition) is 1. The Morgan fingerprint density at radius 1 is 1.26 bits per heavy atom. The van der Waals surface area contributed by atoms with Crippen LogP contribution in [0, 0.1) is 13.8 Å². The fraction of sp³-hybridized carbons (Fsp3) is 0.571. The van der Waals surface area contributed by atoms with E-state index in [0.29, 0.717) is 48.5 Å². The third-order valence-corrected chi connectivity index (χ3v) is 8.68. The van der Waals surface area contributed by atoms with Gasteiger partial charge < -0.3 is 20.0 Å². The maximum Gasteiger partial charge on any atom is 0.253 e. The molecule has 2 fully saturated rings. The van der Waals surface area contributed by atoms with Crippen molar-refractivity contribution in [1.82, 2.24) is 25.0 Å². The number of hydrogen-bond acceptors (Lipinski definition) is 6. The van der Waals surface area contributed by atoms with Crippen LogP contribution in [0.5, 0.6) is 0 Å². The molecular formula is C28H38ClN5O3S. The van der Waals surface area contributed by atoms with Gasteiger partial charge in [0.05, 0.1) is 17.8 Å². The molecule has 0 spiro atoms. The van der Waals surface area contributed by atoms with Crippen molar-refractivity contribution >= 4 is 40.7 Å². The molecule has 0 aromatic carbocycles. The van der Waals surface area contributed by atoms with Crippen LogP contribution < -0.4 is 5.32 Å². The fourth-order valence-electron chi connectivity index (χ4n) is 5.56. The Balaban J connectivity index is 1.28. The van der Waals surface area contributed by atoms with Gasteiger partial charge in [-0.1, -0.05) is 11.6 Å². The van der Waals surface area contributed by atoms with Crippen LogP contribution in [0.1, 0.15) is 66.2 Å². The summed E-state index contributed by atoms with van der Waals surface area (Å²) in [6, 6.07) is 4.25. The fourth-order valence-corrected chi connectivity index (χ4v) is 6.51. The van der Waals surface area contributed by atoms with Crippen molar-refractivity contribution in [2.24, 2.45) is 0 Å². The summed E-state index contributed by atoms with van der Waals surface area (Å²) >= 11 is 7.64. The van der Waals surface area contributed by atoms with Gasteiger partial charge in [-0.2, -0.15) is 11.3 Å². The Hall–Kier alpha value is -2.49. The summed E-state index contributed by atoms with van der Waals surface area (Å²) in [6.07, 6.45) is 4.02. The molecule has 2 aliphatic heterocycles. The predicted molar refractivity (Wildman–Crippen MR) is 150 cm³/mol. The summed E-state index contributed by atoms with van der Waals surface area (Å²) in [4.78, 5) is 48.6. The second-order valence-electron chi connectivity index (χ2n) is 10.5. The average molecular weight is 560 g/mol. The molecule has 2 aromatic heterocycles. The van der Waals surface area contributed by atoms with Crippen LogP contribution in [-0.2, 0) is 16.1 Å². The summed E-state index contributed by atoms with van der Waals surface area (Å²) in [6.45, 7) is 9.69. The number of pyridine rings is 1. The van der Waals surface area contributed by atoms with Crippen molar-refractivity contribution < 1.29 is 14.4 Å². The van der Waals surface area contributed by atoms with Crippen molar-refractivity contribution in [3.8, 4) is 0 Å². The van der Waals surface area contributed by atoms with Crippen LogP contribution in [0.4, 0.5) is 0 Å². The number of nitrogens with one attached hydrogen (secondary N) is 1. The number of nitrogens with zero attached hydrogens (tertiary/aromatic N) is 4. The van der Waals surface area contributed by atoms with Gasteiger partial charge in [0.25, 0.3) is 5.91 Å². The van der Waals surface area contributed by atoms with Gasteiger partial charge in [-0.25, -0.2) is 4.98 Å². The smallest absolute Gasteiger partial charge is 0.253 e. The first-order valence-corrected chi connectivity index (χ1v) is 14.8. The molecule has 4 rings (SSSR count). The number of thiophene rings is 1. The molecule has 0 unspecified atom stereocenters. The highest BCUT2D eigenvalue weighted by molar-refractivity contribution is 7.07. The van der Waals surface area contributed by atoms with Crippen LogP contribution in [0.3, 0.4) is 0 Å². The Morgan fingerprint density at radius 2 is 2.03 bits per heavy atom. The highest BCUT2D eigenvalue weighted by atomic mass is 35.5. The standard InChI is InChI=1S/C28H38ClN5O3S/c1-19-15-24(29)31-21(3)27(19)28(37)30-10-6-20(2)32-12-7-23(8-13-32)34(16-22-9-14-38-18-22)26(36)17-33-11-4-5-25(33)35/h9,14-15,18,20,23H,4-8,10-13,16-17H2,1-3H3,(H,30,37)/t20-/m1/s1. The molecule has 4 heterocycles. The second kappa shape index (κ2) is 13.0. The van der Waals surface area contributed by atoms with E-state index in [2.05, 4.69) is 33.6 Å². The molecule has 2 aromatic rings. The number of rotatable bonds is 10. The minimum absolute atomic E-state index is 0.0444. The largest absolute Gasteiger partial charge is 0.352 e. The SMILES string of the molecule is Cc1cc(Cl)nc(C)c1C(=O)NCC[C@@H](C)N1CCC(N(Cc2ccsc2)C(=O)CN2CCCC2=O)CC1. The molecular weight excluding hydrogens is 522 g/mol. The number of carbonyl (C=O) groups excluding carboxylic acids is 3. The minimum atomic E-state index is -0.117. The van der Waals surface area contributed by atoms with Gasteiger partial charge >= 0.3 is 0 Å². The van der Waals surface area contributed by atoms with E-state index in [1.165, 1.54) is 0 Å². The molecule has 8 nitrogen and oxygen atoms in total. The van der Waals surface area contributed by atoms with Gasteiger partial charge in [-0.3, -0.25) is 14.4 Å². The molecule has 38 heavy (non-hydrogen) atoms. The molecule has 2 saturated heterocycles. The van der Waals surface area contributed by atoms with Crippen molar-refractivity contribution in [2.75, 3.05) is 32.7 Å². The third kappa shape index (κ3) is 7.12. The Morgan fingerprint density at radius 3 is 2.66 bits per heavy atom. The molecule has 206 valence electrons. The Bertz CT molecular complexity index is 1110. The van der Waals surface area contributed by atoms with E-state index in [-0.39, 0.29) is 30.3 Å². The summed E-state index contributed by atoms with van der Waals surface area (Å²) in [5.74, 6) is 0.0132. The molecule has 10 heteroatoms. The number of aryl methyl sites for hydroxylation is 2. The predicted octanol–water partition coefficient (Wildman–Crippen LogP) is 4.04. The summed E-state index contributed by atoms with van der Waals surface area (Å²) in [5, 5.41) is 7.57. The number of amides is 3. The first-order valence-electron chi connectivity index (χ1n) is 13.5. The summed E-state index contributed by atoms with van der Waals surface area (Å²) in [5.41, 5.74) is 3.20. The third-order valence-electron chi connectivity index (χ3n) is 7.76. The zero-order valence-corrected chi connectivity index (χ0v) is 24.1. The molecule has 1 N–H and O–H groups in total. The number of carbonyl (C=O) groups is 3. The lowest BCUT2D eigenvalue weighted by Gasteiger charge is -2.41. The number of halogens is 1. The van der Waals surface area contributed by atoms with E-state index < -0.39 is 0 Å². The van der Waals surface area contributed by atoms with Crippen molar-refractivity contribution in [3.05, 3.63) is 50.4 Å². The van der Waals surface area contributed by atoms with Gasteiger partial charge in [0.15, 0.2) is 0 Å². The van der Waals surface area contributed by atoms with Gasteiger partial charge in [-0.15, -0.1) is 0 Å². The van der Waals surface area contributed by atoms with E-state index in [1.807, 2.05) is 17.2 Å². The van der Waals surface area contributed by atoms with Crippen LogP contribution in [-0.4, -0.2) is 82.2 Å².